The van der Waals surface area contributed by atoms with Gasteiger partial charge in [0.2, 0.25) is 0 Å². The molecular formula is C14H14BrNOS. The van der Waals surface area contributed by atoms with Gasteiger partial charge in [-0.25, -0.2) is 0 Å². The van der Waals surface area contributed by atoms with Crippen molar-refractivity contribution in [1.29, 1.82) is 0 Å². The van der Waals surface area contributed by atoms with Crippen molar-refractivity contribution >= 4 is 27.3 Å². The van der Waals surface area contributed by atoms with Crippen LogP contribution in [0, 0.1) is 0 Å². The van der Waals surface area contributed by atoms with Crippen molar-refractivity contribution in [2.45, 2.75) is 18.6 Å². The molecule has 1 N–H and O–H groups in total. The summed E-state index contributed by atoms with van der Waals surface area (Å²) in [6, 6.07) is 10.7. The third kappa shape index (κ3) is 2.09. The number of ether oxygens (including phenoxy) is 1. The predicted molar refractivity (Wildman–Crippen MR) is 78.2 cm³/mol. The van der Waals surface area contributed by atoms with E-state index in [4.69, 9.17) is 4.74 Å². The number of nitrogens with one attached hydrogen (secondary N) is 1. The van der Waals surface area contributed by atoms with Crippen LogP contribution in [0.4, 0.5) is 0 Å². The summed E-state index contributed by atoms with van der Waals surface area (Å²) in [6.07, 6.45) is 1.10. The fraction of sp³-hybridized carbons (Fsp3) is 0.286. The Hall–Kier alpha value is -0.840. The van der Waals surface area contributed by atoms with Gasteiger partial charge >= 0.3 is 0 Å². The van der Waals surface area contributed by atoms with Crippen molar-refractivity contribution in [3.63, 3.8) is 0 Å². The number of fused-ring (bicyclic) bond motifs is 1. The first-order chi connectivity index (χ1) is 8.79. The lowest BCUT2D eigenvalue weighted by atomic mass is 9.96. The van der Waals surface area contributed by atoms with Crippen LogP contribution in [0.1, 0.15) is 29.0 Å². The van der Waals surface area contributed by atoms with Gasteiger partial charge < -0.3 is 10.1 Å². The van der Waals surface area contributed by atoms with Gasteiger partial charge in [-0.2, -0.15) is 0 Å². The number of rotatable bonds is 2. The quantitative estimate of drug-likeness (QED) is 0.889. The monoisotopic (exact) mass is 323 g/mol. The van der Waals surface area contributed by atoms with Crippen LogP contribution in [0.2, 0.25) is 0 Å². The first kappa shape index (κ1) is 12.2. The highest BCUT2D eigenvalue weighted by atomic mass is 79.9. The molecule has 0 radical (unpaired) electrons. The highest BCUT2D eigenvalue weighted by Gasteiger charge is 2.29. The van der Waals surface area contributed by atoms with Crippen LogP contribution in [0.5, 0.6) is 5.75 Å². The zero-order chi connectivity index (χ0) is 12.5. The summed E-state index contributed by atoms with van der Waals surface area (Å²) in [5.74, 6) is 0.994. The number of hydrogen-bond acceptors (Lipinski definition) is 3. The maximum Gasteiger partial charge on any atom is 0.136 e. The van der Waals surface area contributed by atoms with E-state index >= 15 is 0 Å². The maximum absolute atomic E-state index is 6.13. The van der Waals surface area contributed by atoms with Gasteiger partial charge in [-0.05, 0) is 40.5 Å². The Morgan fingerprint density at radius 1 is 1.33 bits per heavy atom. The molecule has 0 spiro atoms. The second-order valence-corrected chi connectivity index (χ2v) is 6.16. The molecule has 1 aromatic heterocycles. The molecule has 4 heteroatoms. The van der Waals surface area contributed by atoms with E-state index in [1.165, 1.54) is 10.4 Å². The third-order valence-electron chi connectivity index (χ3n) is 3.30. The van der Waals surface area contributed by atoms with Gasteiger partial charge in [-0.1, -0.05) is 18.2 Å². The summed E-state index contributed by atoms with van der Waals surface area (Å²) in [5.41, 5.74) is 1.25. The summed E-state index contributed by atoms with van der Waals surface area (Å²) in [7, 11) is 2.01. The van der Waals surface area contributed by atoms with Crippen molar-refractivity contribution in [1.82, 2.24) is 5.32 Å². The van der Waals surface area contributed by atoms with Crippen molar-refractivity contribution in [3.05, 3.63) is 50.6 Å². The molecule has 0 saturated heterocycles. The van der Waals surface area contributed by atoms with E-state index in [1.807, 2.05) is 19.2 Å². The van der Waals surface area contributed by atoms with Crippen LogP contribution >= 0.6 is 27.3 Å². The smallest absolute Gasteiger partial charge is 0.136 e. The lowest BCUT2D eigenvalue weighted by molar-refractivity contribution is 0.156. The van der Waals surface area contributed by atoms with E-state index in [9.17, 15) is 0 Å². The normalized spacial score (nSPS) is 22.3. The number of hydrogen-bond donors (Lipinski definition) is 1. The molecule has 18 heavy (non-hydrogen) atoms. The Morgan fingerprint density at radius 2 is 2.17 bits per heavy atom. The van der Waals surface area contributed by atoms with E-state index < -0.39 is 0 Å². The van der Waals surface area contributed by atoms with Crippen molar-refractivity contribution in [2.24, 2.45) is 0 Å². The van der Waals surface area contributed by atoms with Crippen molar-refractivity contribution < 1.29 is 4.74 Å². The number of benzene rings is 1. The first-order valence-corrected chi connectivity index (χ1v) is 7.62. The summed E-state index contributed by atoms with van der Waals surface area (Å²) >= 11 is 5.34. The SMILES string of the molecule is CNC1CC(c2sccc2Br)Oc2ccccc21. The summed E-state index contributed by atoms with van der Waals surface area (Å²) in [5, 5.41) is 5.48. The zero-order valence-corrected chi connectivity index (χ0v) is 12.4. The Bertz CT molecular complexity index is 554. The molecule has 1 aromatic carbocycles. The van der Waals surface area contributed by atoms with Gasteiger partial charge in [-0.3, -0.25) is 0 Å². The molecule has 2 aromatic rings. The molecule has 2 unspecified atom stereocenters. The van der Waals surface area contributed by atoms with Crippen LogP contribution in [-0.2, 0) is 0 Å². The van der Waals surface area contributed by atoms with Crippen molar-refractivity contribution in [3.8, 4) is 5.75 Å². The average molecular weight is 324 g/mol. The van der Waals surface area contributed by atoms with E-state index in [0.29, 0.717) is 6.04 Å². The molecule has 0 saturated carbocycles. The van der Waals surface area contributed by atoms with Gasteiger partial charge in [0.05, 0.1) is 4.88 Å². The number of thiophene rings is 1. The fourth-order valence-corrected chi connectivity index (χ4v) is 4.06. The molecule has 2 heterocycles. The van der Waals surface area contributed by atoms with Crippen molar-refractivity contribution in [2.75, 3.05) is 7.05 Å². The van der Waals surface area contributed by atoms with Crippen LogP contribution < -0.4 is 10.1 Å². The second-order valence-electron chi connectivity index (χ2n) is 4.35. The maximum atomic E-state index is 6.13. The van der Waals surface area contributed by atoms with Crippen LogP contribution in [-0.4, -0.2) is 7.05 Å². The summed E-state index contributed by atoms with van der Waals surface area (Å²) < 4.78 is 7.27. The van der Waals surface area contributed by atoms with Gasteiger partial charge in [0.1, 0.15) is 11.9 Å². The predicted octanol–water partition coefficient (Wildman–Crippen LogP) is 4.29. The first-order valence-electron chi connectivity index (χ1n) is 5.95. The van der Waals surface area contributed by atoms with E-state index in [2.05, 4.69) is 44.8 Å². The zero-order valence-electron chi connectivity index (χ0n) is 10.0. The molecule has 0 amide bonds. The molecule has 2 nitrogen and oxygen atoms in total. The molecule has 1 aliphatic rings. The Labute approximate surface area is 119 Å². The minimum absolute atomic E-state index is 0.131. The minimum Gasteiger partial charge on any atom is -0.484 e. The summed E-state index contributed by atoms with van der Waals surface area (Å²) in [6.45, 7) is 0. The second kappa shape index (κ2) is 5.03. The summed E-state index contributed by atoms with van der Waals surface area (Å²) in [4.78, 5) is 1.27. The largest absolute Gasteiger partial charge is 0.484 e. The number of halogens is 1. The highest BCUT2D eigenvalue weighted by Crippen LogP contribution is 2.43. The third-order valence-corrected chi connectivity index (χ3v) is 5.26. The minimum atomic E-state index is 0.131. The van der Waals surface area contributed by atoms with E-state index in [0.717, 1.165) is 16.6 Å². The Kier molecular flexibility index (Phi) is 3.41. The fourth-order valence-electron chi connectivity index (χ4n) is 2.39. The number of para-hydroxylation sites is 1. The average Bonchev–Trinajstić information content (AvgIpc) is 2.83. The standard InChI is InChI=1S/C14H14BrNOS/c1-16-11-8-13(14-10(15)6-7-18-14)17-12-5-3-2-4-9(11)12/h2-7,11,13,16H,8H2,1H3. The molecule has 0 aliphatic carbocycles. The molecule has 0 bridgehead atoms. The topological polar surface area (TPSA) is 21.3 Å². The molecule has 1 aliphatic heterocycles. The van der Waals surface area contributed by atoms with Gasteiger partial charge in [0.15, 0.2) is 0 Å². The lowest BCUT2D eigenvalue weighted by Gasteiger charge is -2.31. The molecule has 2 atom stereocenters. The lowest BCUT2D eigenvalue weighted by Crippen LogP contribution is -2.26. The van der Waals surface area contributed by atoms with Gasteiger partial charge in [0.25, 0.3) is 0 Å². The van der Waals surface area contributed by atoms with Crippen LogP contribution in [0.15, 0.2) is 40.2 Å². The van der Waals surface area contributed by atoms with Crippen LogP contribution in [0.25, 0.3) is 0 Å². The molecular weight excluding hydrogens is 310 g/mol. The highest BCUT2D eigenvalue weighted by molar-refractivity contribution is 9.10. The van der Waals surface area contributed by atoms with Crippen LogP contribution in [0.3, 0.4) is 0 Å². The molecule has 0 fully saturated rings. The van der Waals surface area contributed by atoms with E-state index in [1.54, 1.807) is 11.3 Å². The Balaban J connectivity index is 1.97. The molecule has 94 valence electrons. The van der Waals surface area contributed by atoms with Gasteiger partial charge in [0, 0.05) is 22.5 Å². The molecule has 3 rings (SSSR count). The van der Waals surface area contributed by atoms with Gasteiger partial charge in [-0.15, -0.1) is 11.3 Å². The Morgan fingerprint density at radius 3 is 2.89 bits per heavy atom. The van der Waals surface area contributed by atoms with E-state index in [-0.39, 0.29) is 6.10 Å².